The maximum Gasteiger partial charge on any atom is 0.422 e. The van der Waals surface area contributed by atoms with Gasteiger partial charge in [-0.1, -0.05) is 12.1 Å². The van der Waals surface area contributed by atoms with E-state index in [4.69, 9.17) is 0 Å². The molecule has 1 N–H and O–H groups in total. The van der Waals surface area contributed by atoms with Gasteiger partial charge in [-0.25, -0.2) is 4.79 Å². The Morgan fingerprint density at radius 1 is 1.33 bits per heavy atom. The first-order valence-electron chi connectivity index (χ1n) is 5.06. The van der Waals surface area contributed by atoms with Crippen LogP contribution in [-0.4, -0.2) is 33.0 Å². The standard InChI is InChI=1S/C11H13F3N2O2/c1-16(2)9-6-4-3-5-8(9)15-10(17)18-7-11(12,13)14/h3-6H,7H2,1-2H3,(H,15,17). The summed E-state index contributed by atoms with van der Waals surface area (Å²) in [4.78, 5) is 12.9. The molecule has 0 aromatic heterocycles. The Morgan fingerprint density at radius 2 is 1.94 bits per heavy atom. The molecule has 1 aromatic rings. The number of hydrogen-bond acceptors (Lipinski definition) is 3. The zero-order chi connectivity index (χ0) is 13.8. The Balaban J connectivity index is 2.65. The zero-order valence-corrected chi connectivity index (χ0v) is 9.91. The lowest BCUT2D eigenvalue weighted by Gasteiger charge is -2.17. The number of nitrogens with zero attached hydrogens (tertiary/aromatic N) is 1. The molecule has 1 amide bonds. The minimum atomic E-state index is -4.53. The molecule has 1 rings (SSSR count). The molecule has 0 atom stereocenters. The number of ether oxygens (including phenoxy) is 1. The molecule has 1 aromatic carbocycles. The molecule has 0 radical (unpaired) electrons. The third-order valence-corrected chi connectivity index (χ3v) is 1.99. The minimum absolute atomic E-state index is 0.384. The number of amides is 1. The molecule has 0 saturated heterocycles. The average molecular weight is 262 g/mol. The van der Waals surface area contributed by atoms with Crippen LogP contribution in [0.25, 0.3) is 0 Å². The van der Waals surface area contributed by atoms with Crippen LogP contribution < -0.4 is 10.2 Å². The monoisotopic (exact) mass is 262 g/mol. The van der Waals surface area contributed by atoms with Gasteiger partial charge < -0.3 is 9.64 Å². The Morgan fingerprint density at radius 3 is 2.50 bits per heavy atom. The number of para-hydroxylation sites is 2. The van der Waals surface area contributed by atoms with E-state index in [1.807, 2.05) is 0 Å². The third kappa shape index (κ3) is 4.52. The Hall–Kier alpha value is -1.92. The molecule has 0 fully saturated rings. The smallest absolute Gasteiger partial charge is 0.422 e. The van der Waals surface area contributed by atoms with Gasteiger partial charge in [-0.05, 0) is 12.1 Å². The van der Waals surface area contributed by atoms with Gasteiger partial charge in [0.2, 0.25) is 0 Å². The molecular formula is C11H13F3N2O2. The van der Waals surface area contributed by atoms with E-state index < -0.39 is 18.9 Å². The van der Waals surface area contributed by atoms with E-state index in [1.165, 1.54) is 0 Å². The van der Waals surface area contributed by atoms with Crippen molar-refractivity contribution in [1.29, 1.82) is 0 Å². The Bertz CT molecular complexity index is 419. The molecule has 0 unspecified atom stereocenters. The second-order valence-electron chi connectivity index (χ2n) is 3.73. The molecular weight excluding hydrogens is 249 g/mol. The second-order valence-corrected chi connectivity index (χ2v) is 3.73. The SMILES string of the molecule is CN(C)c1ccccc1NC(=O)OCC(F)(F)F. The molecule has 0 aliphatic rings. The first kappa shape index (κ1) is 14.1. The lowest BCUT2D eigenvalue weighted by atomic mass is 10.2. The van der Waals surface area contributed by atoms with Gasteiger partial charge in [-0.15, -0.1) is 0 Å². The first-order valence-corrected chi connectivity index (χ1v) is 5.06. The normalized spacial score (nSPS) is 10.9. The van der Waals surface area contributed by atoms with Crippen molar-refractivity contribution >= 4 is 17.5 Å². The predicted octanol–water partition coefficient (Wildman–Crippen LogP) is 2.86. The number of nitrogens with one attached hydrogen (secondary N) is 1. The van der Waals surface area contributed by atoms with Crippen molar-refractivity contribution in [2.24, 2.45) is 0 Å². The quantitative estimate of drug-likeness (QED) is 0.910. The highest BCUT2D eigenvalue weighted by Gasteiger charge is 2.29. The van der Waals surface area contributed by atoms with Crippen LogP contribution in [0, 0.1) is 0 Å². The number of carbonyl (C=O) groups excluding carboxylic acids is 1. The summed E-state index contributed by atoms with van der Waals surface area (Å²) in [6, 6.07) is 6.71. The van der Waals surface area contributed by atoms with Crippen molar-refractivity contribution in [3.05, 3.63) is 24.3 Å². The van der Waals surface area contributed by atoms with Crippen molar-refractivity contribution in [3.8, 4) is 0 Å². The van der Waals surface area contributed by atoms with E-state index in [9.17, 15) is 18.0 Å². The van der Waals surface area contributed by atoms with Crippen LogP contribution in [0.1, 0.15) is 0 Å². The number of hydrogen-bond donors (Lipinski definition) is 1. The van der Waals surface area contributed by atoms with Gasteiger partial charge in [0.05, 0.1) is 11.4 Å². The Labute approximate surface area is 102 Å². The summed E-state index contributed by atoms with van der Waals surface area (Å²) in [5, 5.41) is 2.26. The van der Waals surface area contributed by atoms with E-state index in [-0.39, 0.29) is 0 Å². The Kier molecular flexibility index (Phi) is 4.41. The van der Waals surface area contributed by atoms with Gasteiger partial charge in [0, 0.05) is 14.1 Å². The zero-order valence-electron chi connectivity index (χ0n) is 9.91. The van der Waals surface area contributed by atoms with E-state index in [2.05, 4.69) is 10.1 Å². The molecule has 0 heterocycles. The summed E-state index contributed by atoms with van der Waals surface area (Å²) < 4.78 is 39.6. The van der Waals surface area contributed by atoms with Crippen LogP contribution in [0.3, 0.4) is 0 Å². The largest absolute Gasteiger partial charge is 0.440 e. The average Bonchev–Trinajstić information content (AvgIpc) is 2.26. The van der Waals surface area contributed by atoms with Crippen LogP contribution in [0.5, 0.6) is 0 Å². The van der Waals surface area contributed by atoms with Crippen molar-refractivity contribution in [3.63, 3.8) is 0 Å². The van der Waals surface area contributed by atoms with Crippen molar-refractivity contribution < 1.29 is 22.7 Å². The van der Waals surface area contributed by atoms with Crippen LogP contribution in [0.4, 0.5) is 29.3 Å². The summed E-state index contributed by atoms with van der Waals surface area (Å²) >= 11 is 0. The molecule has 0 bridgehead atoms. The highest BCUT2D eigenvalue weighted by molar-refractivity contribution is 5.89. The van der Waals surface area contributed by atoms with Crippen molar-refractivity contribution in [1.82, 2.24) is 0 Å². The van der Waals surface area contributed by atoms with Crippen LogP contribution in [0.15, 0.2) is 24.3 Å². The third-order valence-electron chi connectivity index (χ3n) is 1.99. The van der Waals surface area contributed by atoms with E-state index in [0.29, 0.717) is 11.4 Å². The van der Waals surface area contributed by atoms with Crippen molar-refractivity contribution in [2.45, 2.75) is 6.18 Å². The predicted molar refractivity (Wildman–Crippen MR) is 61.8 cm³/mol. The van der Waals surface area contributed by atoms with Crippen molar-refractivity contribution in [2.75, 3.05) is 30.9 Å². The first-order chi connectivity index (χ1) is 8.29. The summed E-state index contributed by atoms with van der Waals surface area (Å²) in [6.07, 6.45) is -5.67. The minimum Gasteiger partial charge on any atom is -0.440 e. The van der Waals surface area contributed by atoms with Crippen LogP contribution >= 0.6 is 0 Å². The van der Waals surface area contributed by atoms with Gasteiger partial charge in [0.25, 0.3) is 0 Å². The fourth-order valence-electron chi connectivity index (χ4n) is 1.26. The topological polar surface area (TPSA) is 41.6 Å². The molecule has 100 valence electrons. The van der Waals surface area contributed by atoms with E-state index in [1.54, 1.807) is 43.3 Å². The molecule has 0 aliphatic heterocycles. The number of alkyl halides is 3. The molecule has 0 saturated carbocycles. The molecule has 4 nitrogen and oxygen atoms in total. The van der Waals surface area contributed by atoms with Gasteiger partial charge >= 0.3 is 12.3 Å². The lowest BCUT2D eigenvalue weighted by molar-refractivity contribution is -0.159. The summed E-state index contributed by atoms with van der Waals surface area (Å²) in [5.74, 6) is 0. The number of halogens is 3. The lowest BCUT2D eigenvalue weighted by Crippen LogP contribution is -2.24. The molecule has 18 heavy (non-hydrogen) atoms. The van der Waals surface area contributed by atoms with E-state index in [0.717, 1.165) is 0 Å². The van der Waals surface area contributed by atoms with Crippen LogP contribution in [0.2, 0.25) is 0 Å². The maximum atomic E-state index is 11.8. The van der Waals surface area contributed by atoms with Gasteiger partial charge in [-0.2, -0.15) is 13.2 Å². The summed E-state index contributed by atoms with van der Waals surface area (Å²) in [5.41, 5.74) is 1.05. The maximum absolute atomic E-state index is 11.8. The summed E-state index contributed by atoms with van der Waals surface area (Å²) in [6.45, 7) is -1.61. The number of benzene rings is 1. The van der Waals surface area contributed by atoms with Gasteiger partial charge in [0.15, 0.2) is 6.61 Å². The van der Waals surface area contributed by atoms with Crippen LogP contribution in [-0.2, 0) is 4.74 Å². The number of rotatable bonds is 3. The summed E-state index contributed by atoms with van der Waals surface area (Å²) in [7, 11) is 3.50. The van der Waals surface area contributed by atoms with E-state index >= 15 is 0 Å². The highest BCUT2D eigenvalue weighted by Crippen LogP contribution is 2.23. The number of anilines is 2. The molecule has 7 heteroatoms. The second kappa shape index (κ2) is 5.61. The fraction of sp³-hybridized carbons (Fsp3) is 0.364. The van der Waals surface area contributed by atoms with Gasteiger partial charge in [0.1, 0.15) is 0 Å². The molecule has 0 spiro atoms. The number of carbonyl (C=O) groups is 1. The van der Waals surface area contributed by atoms with Gasteiger partial charge in [-0.3, -0.25) is 5.32 Å². The molecule has 0 aliphatic carbocycles. The highest BCUT2D eigenvalue weighted by atomic mass is 19.4. The fourth-order valence-corrected chi connectivity index (χ4v) is 1.26.